The van der Waals surface area contributed by atoms with Crippen molar-refractivity contribution in [2.75, 3.05) is 13.2 Å². The first-order valence-electron chi connectivity index (χ1n) is 4.95. The van der Waals surface area contributed by atoms with Gasteiger partial charge in [-0.25, -0.2) is 0 Å². The van der Waals surface area contributed by atoms with Gasteiger partial charge in [0.15, 0.2) is 5.72 Å². The van der Waals surface area contributed by atoms with Crippen molar-refractivity contribution in [3.05, 3.63) is 24.2 Å². The summed E-state index contributed by atoms with van der Waals surface area (Å²) in [6.07, 6.45) is 1.67. The number of hydrogen-bond acceptors (Lipinski definition) is 3. The van der Waals surface area contributed by atoms with Crippen molar-refractivity contribution in [3.63, 3.8) is 0 Å². The monoisotopic (exact) mass is 231 g/mol. The SMILES string of the molecule is CC1(C)CNC(C)(c2ccco2)OC1.Cl. The lowest BCUT2D eigenvalue weighted by Gasteiger charge is -2.41. The lowest BCUT2D eigenvalue weighted by molar-refractivity contribution is -0.141. The summed E-state index contributed by atoms with van der Waals surface area (Å²) in [6.45, 7) is 8.05. The van der Waals surface area contributed by atoms with Gasteiger partial charge in [-0.3, -0.25) is 5.32 Å². The molecule has 1 saturated heterocycles. The number of nitrogens with one attached hydrogen (secondary N) is 1. The third kappa shape index (κ3) is 2.54. The van der Waals surface area contributed by atoms with E-state index in [1.807, 2.05) is 19.1 Å². The molecule has 1 aromatic heterocycles. The van der Waals surface area contributed by atoms with Crippen LogP contribution in [-0.2, 0) is 10.5 Å². The van der Waals surface area contributed by atoms with Crippen LogP contribution >= 0.6 is 12.4 Å². The fraction of sp³-hybridized carbons (Fsp3) is 0.636. The summed E-state index contributed by atoms with van der Waals surface area (Å²) in [6, 6.07) is 3.82. The Labute approximate surface area is 96.6 Å². The maximum atomic E-state index is 5.82. The molecule has 1 aliphatic rings. The molecule has 1 unspecified atom stereocenters. The molecule has 1 fully saturated rings. The molecule has 15 heavy (non-hydrogen) atoms. The molecule has 0 aromatic carbocycles. The highest BCUT2D eigenvalue weighted by Gasteiger charge is 2.38. The minimum atomic E-state index is -0.459. The van der Waals surface area contributed by atoms with Crippen LogP contribution in [0.5, 0.6) is 0 Å². The number of rotatable bonds is 1. The van der Waals surface area contributed by atoms with Crippen LogP contribution in [0, 0.1) is 5.41 Å². The van der Waals surface area contributed by atoms with E-state index in [0.29, 0.717) is 0 Å². The van der Waals surface area contributed by atoms with E-state index in [4.69, 9.17) is 9.15 Å². The molecule has 0 bridgehead atoms. The van der Waals surface area contributed by atoms with Gasteiger partial charge in [0, 0.05) is 12.0 Å². The van der Waals surface area contributed by atoms with Crippen LogP contribution in [0.15, 0.2) is 22.8 Å². The zero-order valence-electron chi connectivity index (χ0n) is 9.37. The lowest BCUT2D eigenvalue weighted by atomic mass is 9.92. The Morgan fingerprint density at radius 1 is 1.33 bits per heavy atom. The molecule has 1 atom stereocenters. The summed E-state index contributed by atoms with van der Waals surface area (Å²) in [4.78, 5) is 0. The zero-order valence-corrected chi connectivity index (χ0v) is 10.2. The maximum Gasteiger partial charge on any atom is 0.175 e. The summed E-state index contributed by atoms with van der Waals surface area (Å²) >= 11 is 0. The van der Waals surface area contributed by atoms with Gasteiger partial charge in [-0.05, 0) is 19.1 Å². The van der Waals surface area contributed by atoms with E-state index in [1.54, 1.807) is 6.26 Å². The normalized spacial score (nSPS) is 29.5. The average molecular weight is 232 g/mol. The summed E-state index contributed by atoms with van der Waals surface area (Å²) in [7, 11) is 0. The Bertz CT molecular complexity index is 298. The second-order valence-electron chi connectivity index (χ2n) is 4.82. The van der Waals surface area contributed by atoms with Gasteiger partial charge in [-0.1, -0.05) is 13.8 Å². The van der Waals surface area contributed by atoms with Crippen molar-refractivity contribution >= 4 is 12.4 Å². The molecule has 0 amide bonds. The average Bonchev–Trinajstić information content (AvgIpc) is 2.64. The standard InChI is InChI=1S/C11H17NO2.ClH/c1-10(2)7-12-11(3,14-8-10)9-5-4-6-13-9;/h4-6,12H,7-8H2,1-3H3;1H. The van der Waals surface area contributed by atoms with Crippen LogP contribution < -0.4 is 5.32 Å². The zero-order chi connectivity index (χ0) is 10.2. The van der Waals surface area contributed by atoms with Crippen LogP contribution in [0.25, 0.3) is 0 Å². The Morgan fingerprint density at radius 3 is 2.53 bits per heavy atom. The van der Waals surface area contributed by atoms with E-state index in [1.165, 1.54) is 0 Å². The Balaban J connectivity index is 0.00000112. The van der Waals surface area contributed by atoms with Crippen molar-refractivity contribution in [1.29, 1.82) is 0 Å². The largest absolute Gasteiger partial charge is 0.465 e. The molecule has 1 aliphatic heterocycles. The van der Waals surface area contributed by atoms with Crippen LogP contribution in [0.1, 0.15) is 26.5 Å². The van der Waals surface area contributed by atoms with Gasteiger partial charge < -0.3 is 9.15 Å². The molecule has 4 heteroatoms. The predicted octanol–water partition coefficient (Wildman–Crippen LogP) is 2.52. The third-order valence-electron chi connectivity index (χ3n) is 2.65. The Hall–Kier alpha value is -0.510. The molecule has 2 rings (SSSR count). The van der Waals surface area contributed by atoms with Gasteiger partial charge >= 0.3 is 0 Å². The molecule has 0 spiro atoms. The van der Waals surface area contributed by atoms with Crippen molar-refractivity contribution in [2.45, 2.75) is 26.5 Å². The van der Waals surface area contributed by atoms with Crippen molar-refractivity contribution < 1.29 is 9.15 Å². The van der Waals surface area contributed by atoms with Gasteiger partial charge in [0.1, 0.15) is 5.76 Å². The first-order chi connectivity index (χ1) is 6.52. The van der Waals surface area contributed by atoms with Gasteiger partial charge in [0.2, 0.25) is 0 Å². The Morgan fingerprint density at radius 2 is 2.07 bits per heavy atom. The summed E-state index contributed by atoms with van der Waals surface area (Å²) in [5, 5.41) is 3.37. The fourth-order valence-electron chi connectivity index (χ4n) is 1.56. The molecular formula is C11H18ClNO2. The Kier molecular flexibility index (Phi) is 3.48. The summed E-state index contributed by atoms with van der Waals surface area (Å²) in [5.41, 5.74) is -0.259. The van der Waals surface area contributed by atoms with Gasteiger partial charge in [-0.2, -0.15) is 0 Å². The topological polar surface area (TPSA) is 34.4 Å². The van der Waals surface area contributed by atoms with Gasteiger partial charge in [-0.15, -0.1) is 12.4 Å². The molecule has 1 aromatic rings. The highest BCUT2D eigenvalue weighted by Crippen LogP contribution is 2.31. The summed E-state index contributed by atoms with van der Waals surface area (Å²) in [5.74, 6) is 0.841. The van der Waals surface area contributed by atoms with E-state index >= 15 is 0 Å². The van der Waals surface area contributed by atoms with Crippen LogP contribution in [0.4, 0.5) is 0 Å². The van der Waals surface area contributed by atoms with Gasteiger partial charge in [0.05, 0.1) is 12.9 Å². The highest BCUT2D eigenvalue weighted by atomic mass is 35.5. The first kappa shape index (κ1) is 12.6. The second-order valence-corrected chi connectivity index (χ2v) is 4.82. The van der Waals surface area contributed by atoms with Crippen LogP contribution in [-0.4, -0.2) is 13.2 Å². The summed E-state index contributed by atoms with van der Waals surface area (Å²) < 4.78 is 11.2. The molecule has 0 saturated carbocycles. The smallest absolute Gasteiger partial charge is 0.175 e. The third-order valence-corrected chi connectivity index (χ3v) is 2.65. The molecule has 1 N–H and O–H groups in total. The maximum absolute atomic E-state index is 5.82. The van der Waals surface area contributed by atoms with Crippen molar-refractivity contribution in [2.24, 2.45) is 5.41 Å². The van der Waals surface area contributed by atoms with E-state index < -0.39 is 5.72 Å². The number of furan rings is 1. The van der Waals surface area contributed by atoms with E-state index in [9.17, 15) is 0 Å². The number of hydrogen-bond donors (Lipinski definition) is 1. The predicted molar refractivity (Wildman–Crippen MR) is 61.0 cm³/mol. The van der Waals surface area contributed by atoms with Crippen LogP contribution in [0.3, 0.4) is 0 Å². The first-order valence-corrected chi connectivity index (χ1v) is 4.95. The van der Waals surface area contributed by atoms with Crippen molar-refractivity contribution in [3.8, 4) is 0 Å². The van der Waals surface area contributed by atoms with Crippen molar-refractivity contribution in [1.82, 2.24) is 5.32 Å². The molecular weight excluding hydrogens is 214 g/mol. The molecule has 0 radical (unpaired) electrons. The minimum Gasteiger partial charge on any atom is -0.465 e. The highest BCUT2D eigenvalue weighted by molar-refractivity contribution is 5.85. The van der Waals surface area contributed by atoms with E-state index in [2.05, 4.69) is 19.2 Å². The number of ether oxygens (including phenoxy) is 1. The van der Waals surface area contributed by atoms with E-state index in [-0.39, 0.29) is 17.8 Å². The molecule has 3 nitrogen and oxygen atoms in total. The van der Waals surface area contributed by atoms with E-state index in [0.717, 1.165) is 18.9 Å². The van der Waals surface area contributed by atoms with Gasteiger partial charge in [0.25, 0.3) is 0 Å². The molecule has 2 heterocycles. The quantitative estimate of drug-likeness (QED) is 0.807. The minimum absolute atomic E-state index is 0. The molecule has 86 valence electrons. The van der Waals surface area contributed by atoms with Crippen LogP contribution in [0.2, 0.25) is 0 Å². The molecule has 0 aliphatic carbocycles. The second kappa shape index (κ2) is 4.16. The number of halogens is 1. The fourth-order valence-corrected chi connectivity index (χ4v) is 1.56. The lowest BCUT2D eigenvalue weighted by Crippen LogP contribution is -2.53.